The number of fused-ring (bicyclic) bond motifs is 1. The lowest BCUT2D eigenvalue weighted by Crippen LogP contribution is -2.36. The van der Waals surface area contributed by atoms with Crippen molar-refractivity contribution in [1.29, 1.82) is 0 Å². The van der Waals surface area contributed by atoms with Crippen LogP contribution >= 0.6 is 11.3 Å². The van der Waals surface area contributed by atoms with Crippen molar-refractivity contribution in [2.24, 2.45) is 5.73 Å². The van der Waals surface area contributed by atoms with Gasteiger partial charge in [-0.15, -0.1) is 11.3 Å². The van der Waals surface area contributed by atoms with Crippen molar-refractivity contribution in [2.45, 2.75) is 38.1 Å². The summed E-state index contributed by atoms with van der Waals surface area (Å²) in [6.07, 6.45) is 3.72. The number of nitrogens with two attached hydrogens (primary N) is 1. The molecular formula is C16H18FNS. The smallest absolute Gasteiger partial charge is 0.123 e. The molecule has 2 aromatic rings. The fraction of sp³-hybridized carbons (Fsp3) is 0.375. The molecule has 19 heavy (non-hydrogen) atoms. The lowest BCUT2D eigenvalue weighted by molar-refractivity contribution is 0.442. The Kier molecular flexibility index (Phi) is 3.19. The van der Waals surface area contributed by atoms with E-state index in [0.29, 0.717) is 0 Å². The Bertz CT molecular complexity index is 605. The second-order valence-electron chi connectivity index (χ2n) is 5.36. The minimum atomic E-state index is -0.321. The van der Waals surface area contributed by atoms with Crippen LogP contribution in [0.4, 0.5) is 4.39 Å². The number of hydrogen-bond donors (Lipinski definition) is 1. The second kappa shape index (κ2) is 4.73. The molecule has 0 bridgehead atoms. The van der Waals surface area contributed by atoms with E-state index in [4.69, 9.17) is 5.73 Å². The van der Waals surface area contributed by atoms with Crippen LogP contribution in [0, 0.1) is 5.82 Å². The largest absolute Gasteiger partial charge is 0.321 e. The topological polar surface area (TPSA) is 26.0 Å². The normalized spacial score (nSPS) is 21.6. The van der Waals surface area contributed by atoms with Gasteiger partial charge < -0.3 is 5.73 Å². The molecule has 0 spiro atoms. The van der Waals surface area contributed by atoms with Crippen molar-refractivity contribution in [3.05, 3.63) is 57.0 Å². The highest BCUT2D eigenvalue weighted by Crippen LogP contribution is 2.38. The van der Waals surface area contributed by atoms with Crippen LogP contribution in [-0.2, 0) is 24.8 Å². The number of benzene rings is 1. The van der Waals surface area contributed by atoms with Crippen molar-refractivity contribution in [3.63, 3.8) is 0 Å². The molecule has 1 aromatic carbocycles. The Morgan fingerprint density at radius 1 is 1.26 bits per heavy atom. The molecule has 1 heterocycles. The predicted octanol–water partition coefficient (Wildman–Crippen LogP) is 3.79. The lowest BCUT2D eigenvalue weighted by Gasteiger charge is -2.24. The number of hydrogen-bond acceptors (Lipinski definition) is 2. The third-order valence-electron chi connectivity index (χ3n) is 4.00. The average Bonchev–Trinajstić information content (AvgIpc) is 2.95. The van der Waals surface area contributed by atoms with Gasteiger partial charge in [-0.2, -0.15) is 0 Å². The minimum absolute atomic E-state index is 0.160. The Labute approximate surface area is 117 Å². The summed E-state index contributed by atoms with van der Waals surface area (Å²) < 4.78 is 13.3. The molecule has 1 aliphatic rings. The van der Waals surface area contributed by atoms with Gasteiger partial charge in [0, 0.05) is 21.7 Å². The summed E-state index contributed by atoms with van der Waals surface area (Å²) in [7, 11) is 0. The van der Waals surface area contributed by atoms with E-state index in [0.717, 1.165) is 36.8 Å². The average molecular weight is 275 g/mol. The zero-order chi connectivity index (χ0) is 13.5. The molecule has 0 saturated heterocycles. The van der Waals surface area contributed by atoms with Crippen LogP contribution in [0.1, 0.15) is 34.2 Å². The molecular weight excluding hydrogens is 257 g/mol. The molecule has 2 N–H and O–H groups in total. The molecule has 1 unspecified atom stereocenters. The van der Waals surface area contributed by atoms with Gasteiger partial charge in [-0.1, -0.05) is 13.0 Å². The van der Waals surface area contributed by atoms with Gasteiger partial charge in [-0.25, -0.2) is 4.39 Å². The first-order valence-corrected chi connectivity index (χ1v) is 7.58. The summed E-state index contributed by atoms with van der Waals surface area (Å²) in [4.78, 5) is 2.73. The maximum Gasteiger partial charge on any atom is 0.123 e. The maximum atomic E-state index is 13.3. The third-order valence-corrected chi connectivity index (χ3v) is 5.23. The summed E-state index contributed by atoms with van der Waals surface area (Å²) in [6.45, 7) is 2.17. The standard InChI is InChI=1S/C16H18FNS/c1-2-13-4-5-14(19-13)10-16(18)8-7-11-9-12(17)3-6-15(11)16/h3-6,9H,2,7-8,10,18H2,1H3. The van der Waals surface area contributed by atoms with Crippen LogP contribution in [0.2, 0.25) is 0 Å². The SMILES string of the molecule is CCc1ccc(CC2(N)CCc3cc(F)ccc32)s1. The molecule has 0 radical (unpaired) electrons. The van der Waals surface area contributed by atoms with E-state index < -0.39 is 0 Å². The number of aryl methyl sites for hydroxylation is 2. The first kappa shape index (κ1) is 12.8. The molecule has 100 valence electrons. The second-order valence-corrected chi connectivity index (χ2v) is 6.61. The van der Waals surface area contributed by atoms with Crippen LogP contribution in [0.5, 0.6) is 0 Å². The predicted molar refractivity (Wildman–Crippen MR) is 78.0 cm³/mol. The Balaban J connectivity index is 1.89. The highest BCUT2D eigenvalue weighted by Gasteiger charge is 2.35. The summed E-state index contributed by atoms with van der Waals surface area (Å²) in [5.41, 5.74) is 8.47. The fourth-order valence-electron chi connectivity index (χ4n) is 2.95. The van der Waals surface area contributed by atoms with Crippen molar-refractivity contribution >= 4 is 11.3 Å². The number of halogens is 1. The van der Waals surface area contributed by atoms with Crippen LogP contribution in [0.3, 0.4) is 0 Å². The Morgan fingerprint density at radius 3 is 2.79 bits per heavy atom. The summed E-state index contributed by atoms with van der Waals surface area (Å²) in [5, 5.41) is 0. The van der Waals surface area contributed by atoms with Crippen molar-refractivity contribution < 1.29 is 4.39 Å². The first-order valence-electron chi connectivity index (χ1n) is 6.76. The molecule has 0 saturated carbocycles. The molecule has 1 aliphatic carbocycles. The third kappa shape index (κ3) is 2.33. The molecule has 1 nitrogen and oxygen atoms in total. The molecule has 1 aromatic heterocycles. The van der Waals surface area contributed by atoms with E-state index in [1.165, 1.54) is 15.8 Å². The fourth-order valence-corrected chi connectivity index (χ4v) is 4.03. The van der Waals surface area contributed by atoms with Gasteiger partial charge in [0.1, 0.15) is 5.82 Å². The van der Waals surface area contributed by atoms with Gasteiger partial charge in [0.05, 0.1) is 0 Å². The van der Waals surface area contributed by atoms with E-state index in [1.54, 1.807) is 6.07 Å². The van der Waals surface area contributed by atoms with Crippen molar-refractivity contribution in [3.8, 4) is 0 Å². The van der Waals surface area contributed by atoms with E-state index in [2.05, 4.69) is 19.1 Å². The van der Waals surface area contributed by atoms with Crippen molar-refractivity contribution in [1.82, 2.24) is 0 Å². The van der Waals surface area contributed by atoms with E-state index in [1.807, 2.05) is 17.4 Å². The van der Waals surface area contributed by atoms with Crippen LogP contribution in [-0.4, -0.2) is 0 Å². The highest BCUT2D eigenvalue weighted by molar-refractivity contribution is 7.12. The minimum Gasteiger partial charge on any atom is -0.321 e. The van der Waals surface area contributed by atoms with Crippen LogP contribution < -0.4 is 5.73 Å². The van der Waals surface area contributed by atoms with Gasteiger partial charge in [-0.05, 0) is 54.7 Å². The summed E-state index contributed by atoms with van der Waals surface area (Å²) in [5.74, 6) is -0.160. The van der Waals surface area contributed by atoms with Gasteiger partial charge >= 0.3 is 0 Å². The maximum absolute atomic E-state index is 13.3. The van der Waals surface area contributed by atoms with E-state index in [9.17, 15) is 4.39 Å². The Hall–Kier alpha value is -1.19. The Morgan fingerprint density at radius 2 is 2.05 bits per heavy atom. The highest BCUT2D eigenvalue weighted by atomic mass is 32.1. The molecule has 1 atom stereocenters. The van der Waals surface area contributed by atoms with Gasteiger partial charge in [0.15, 0.2) is 0 Å². The van der Waals surface area contributed by atoms with Crippen LogP contribution in [0.25, 0.3) is 0 Å². The zero-order valence-corrected chi connectivity index (χ0v) is 11.9. The van der Waals surface area contributed by atoms with E-state index >= 15 is 0 Å². The molecule has 3 heteroatoms. The van der Waals surface area contributed by atoms with Gasteiger partial charge in [0.25, 0.3) is 0 Å². The number of rotatable bonds is 3. The lowest BCUT2D eigenvalue weighted by atomic mass is 9.89. The summed E-state index contributed by atoms with van der Waals surface area (Å²) in [6, 6.07) is 9.39. The monoisotopic (exact) mass is 275 g/mol. The van der Waals surface area contributed by atoms with Crippen LogP contribution in [0.15, 0.2) is 30.3 Å². The van der Waals surface area contributed by atoms with Crippen molar-refractivity contribution in [2.75, 3.05) is 0 Å². The van der Waals surface area contributed by atoms with Gasteiger partial charge in [0.2, 0.25) is 0 Å². The first-order chi connectivity index (χ1) is 9.10. The quantitative estimate of drug-likeness (QED) is 0.906. The molecule has 0 aliphatic heterocycles. The molecule has 0 fully saturated rings. The van der Waals surface area contributed by atoms with Gasteiger partial charge in [-0.3, -0.25) is 0 Å². The zero-order valence-electron chi connectivity index (χ0n) is 11.1. The molecule has 0 amide bonds. The molecule has 3 rings (SSSR count). The number of thiophene rings is 1. The summed E-state index contributed by atoms with van der Waals surface area (Å²) >= 11 is 1.84. The van der Waals surface area contributed by atoms with E-state index in [-0.39, 0.29) is 11.4 Å².